The Bertz CT molecular complexity index is 343. The molecule has 1 heteroatoms. The molecule has 2 rings (SSSR count). The van der Waals surface area contributed by atoms with Crippen LogP contribution in [-0.4, -0.2) is 5.11 Å². The molecule has 0 aromatic heterocycles. The second-order valence-corrected chi connectivity index (χ2v) is 4.89. The highest BCUT2D eigenvalue weighted by Crippen LogP contribution is 2.26. The molecule has 0 fully saturated rings. The highest BCUT2D eigenvalue weighted by molar-refractivity contribution is 5.34. The van der Waals surface area contributed by atoms with Crippen LogP contribution in [0.5, 0.6) is 0 Å². The zero-order valence-electron chi connectivity index (χ0n) is 10.2. The van der Waals surface area contributed by atoms with Gasteiger partial charge in [-0.3, -0.25) is 0 Å². The molecule has 0 bridgehead atoms. The van der Waals surface area contributed by atoms with Crippen LogP contribution in [0.2, 0.25) is 0 Å². The summed E-state index contributed by atoms with van der Waals surface area (Å²) < 4.78 is 0. The van der Waals surface area contributed by atoms with Crippen molar-refractivity contribution in [1.29, 1.82) is 0 Å². The fourth-order valence-electron chi connectivity index (χ4n) is 2.52. The topological polar surface area (TPSA) is 20.2 Å². The molecule has 1 aliphatic carbocycles. The van der Waals surface area contributed by atoms with Gasteiger partial charge < -0.3 is 5.11 Å². The van der Waals surface area contributed by atoms with E-state index < -0.39 is 0 Å². The zero-order chi connectivity index (χ0) is 11.4. The van der Waals surface area contributed by atoms with Gasteiger partial charge in [-0.25, -0.2) is 0 Å². The Labute approximate surface area is 98.5 Å². The number of rotatable bonds is 4. The van der Waals surface area contributed by atoms with Crippen molar-refractivity contribution in [3.63, 3.8) is 0 Å². The minimum Gasteiger partial charge on any atom is -0.388 e. The van der Waals surface area contributed by atoms with Crippen LogP contribution in [0.4, 0.5) is 0 Å². The van der Waals surface area contributed by atoms with Gasteiger partial charge in [-0.15, -0.1) is 0 Å². The predicted octanol–water partition coefficient (Wildman–Crippen LogP) is 3.79. The second kappa shape index (κ2) is 5.49. The van der Waals surface area contributed by atoms with Crippen molar-refractivity contribution >= 4 is 0 Å². The van der Waals surface area contributed by atoms with Crippen molar-refractivity contribution < 1.29 is 5.11 Å². The fourth-order valence-corrected chi connectivity index (χ4v) is 2.52. The van der Waals surface area contributed by atoms with Crippen LogP contribution in [0.1, 0.15) is 61.8 Å². The van der Waals surface area contributed by atoms with Gasteiger partial charge in [0.2, 0.25) is 0 Å². The molecule has 1 aliphatic rings. The number of aliphatic hydroxyl groups is 1. The molecule has 1 atom stereocenters. The van der Waals surface area contributed by atoms with Gasteiger partial charge in [0.25, 0.3) is 0 Å². The van der Waals surface area contributed by atoms with E-state index in [-0.39, 0.29) is 6.10 Å². The first-order chi connectivity index (χ1) is 7.81. The maximum absolute atomic E-state index is 10.1. The van der Waals surface area contributed by atoms with Crippen LogP contribution in [-0.2, 0) is 12.8 Å². The minimum atomic E-state index is -0.257. The molecular formula is C15H22O. The van der Waals surface area contributed by atoms with Gasteiger partial charge in [-0.1, -0.05) is 38.0 Å². The lowest BCUT2D eigenvalue weighted by molar-refractivity contribution is 0.164. The van der Waals surface area contributed by atoms with Gasteiger partial charge in [-0.2, -0.15) is 0 Å². The average Bonchev–Trinajstić information content (AvgIpc) is 2.35. The lowest BCUT2D eigenvalue weighted by atomic mass is 9.89. The lowest BCUT2D eigenvalue weighted by Gasteiger charge is -2.18. The summed E-state index contributed by atoms with van der Waals surface area (Å²) in [5.41, 5.74) is 4.09. The smallest absolute Gasteiger partial charge is 0.0790 e. The van der Waals surface area contributed by atoms with E-state index in [4.69, 9.17) is 0 Å². The monoisotopic (exact) mass is 218 g/mol. The average molecular weight is 218 g/mol. The summed E-state index contributed by atoms with van der Waals surface area (Å²) in [6.45, 7) is 2.17. The van der Waals surface area contributed by atoms with Crippen LogP contribution in [0, 0.1) is 0 Å². The largest absolute Gasteiger partial charge is 0.388 e. The minimum absolute atomic E-state index is 0.257. The number of fused-ring (bicyclic) bond motifs is 1. The highest BCUT2D eigenvalue weighted by Gasteiger charge is 2.12. The maximum Gasteiger partial charge on any atom is 0.0790 e. The first-order valence-electron chi connectivity index (χ1n) is 6.61. The van der Waals surface area contributed by atoms with E-state index in [0.29, 0.717) is 0 Å². The molecule has 0 saturated heterocycles. The van der Waals surface area contributed by atoms with Crippen LogP contribution >= 0.6 is 0 Å². The van der Waals surface area contributed by atoms with Crippen molar-refractivity contribution in [3.8, 4) is 0 Å². The molecule has 0 amide bonds. The number of hydrogen-bond acceptors (Lipinski definition) is 1. The van der Waals surface area contributed by atoms with Gasteiger partial charge in [0, 0.05) is 0 Å². The van der Waals surface area contributed by atoms with Gasteiger partial charge in [-0.05, 0) is 48.8 Å². The SMILES string of the molecule is CCCCC(O)c1ccc2c(c1)CCCC2. The third-order valence-electron chi connectivity index (χ3n) is 3.59. The first kappa shape index (κ1) is 11.7. The quantitative estimate of drug-likeness (QED) is 0.815. The van der Waals surface area contributed by atoms with Crippen LogP contribution in [0.25, 0.3) is 0 Å². The van der Waals surface area contributed by atoms with E-state index in [1.165, 1.54) is 36.8 Å². The van der Waals surface area contributed by atoms with E-state index in [1.807, 2.05) is 0 Å². The molecule has 0 aliphatic heterocycles. The van der Waals surface area contributed by atoms with Gasteiger partial charge >= 0.3 is 0 Å². The number of aryl methyl sites for hydroxylation is 2. The van der Waals surface area contributed by atoms with Crippen molar-refractivity contribution in [3.05, 3.63) is 34.9 Å². The van der Waals surface area contributed by atoms with E-state index in [2.05, 4.69) is 25.1 Å². The summed E-state index contributed by atoms with van der Waals surface area (Å²) in [4.78, 5) is 0. The maximum atomic E-state index is 10.1. The van der Waals surface area contributed by atoms with Gasteiger partial charge in [0.15, 0.2) is 0 Å². The van der Waals surface area contributed by atoms with Crippen molar-refractivity contribution in [1.82, 2.24) is 0 Å². The van der Waals surface area contributed by atoms with Crippen LogP contribution < -0.4 is 0 Å². The van der Waals surface area contributed by atoms with Crippen molar-refractivity contribution in [2.45, 2.75) is 58.0 Å². The Kier molecular flexibility index (Phi) is 4.00. The summed E-state index contributed by atoms with van der Waals surface area (Å²) in [5.74, 6) is 0. The molecular weight excluding hydrogens is 196 g/mol. The Balaban J connectivity index is 2.10. The molecule has 1 N–H and O–H groups in total. The Morgan fingerprint density at radius 2 is 1.94 bits per heavy atom. The van der Waals surface area contributed by atoms with E-state index in [9.17, 15) is 5.11 Å². The summed E-state index contributed by atoms with van der Waals surface area (Å²) >= 11 is 0. The van der Waals surface area contributed by atoms with Crippen LogP contribution in [0.15, 0.2) is 18.2 Å². The standard InChI is InChI=1S/C15H22O/c1-2-3-8-15(16)14-10-9-12-6-4-5-7-13(12)11-14/h9-11,15-16H,2-8H2,1H3. The molecule has 16 heavy (non-hydrogen) atoms. The van der Waals surface area contributed by atoms with Crippen LogP contribution in [0.3, 0.4) is 0 Å². The van der Waals surface area contributed by atoms with E-state index in [1.54, 1.807) is 0 Å². The normalized spacial score (nSPS) is 16.9. The third-order valence-corrected chi connectivity index (χ3v) is 3.59. The van der Waals surface area contributed by atoms with E-state index in [0.717, 1.165) is 24.8 Å². The Morgan fingerprint density at radius 1 is 1.19 bits per heavy atom. The third kappa shape index (κ3) is 2.65. The number of unbranched alkanes of at least 4 members (excludes halogenated alkanes) is 1. The number of benzene rings is 1. The fraction of sp³-hybridized carbons (Fsp3) is 0.600. The molecule has 1 unspecified atom stereocenters. The molecule has 88 valence electrons. The molecule has 0 saturated carbocycles. The van der Waals surface area contributed by atoms with Gasteiger partial charge in [0.1, 0.15) is 0 Å². The summed E-state index contributed by atoms with van der Waals surface area (Å²) in [7, 11) is 0. The molecule has 0 heterocycles. The summed E-state index contributed by atoms with van der Waals surface area (Å²) in [5, 5.41) is 10.1. The Morgan fingerprint density at radius 3 is 2.69 bits per heavy atom. The predicted molar refractivity (Wildman–Crippen MR) is 67.6 cm³/mol. The Hall–Kier alpha value is -0.820. The number of aliphatic hydroxyl groups excluding tert-OH is 1. The molecule has 1 aromatic rings. The second-order valence-electron chi connectivity index (χ2n) is 4.89. The summed E-state index contributed by atoms with van der Waals surface area (Å²) in [6.07, 6.45) is 7.96. The molecule has 0 radical (unpaired) electrons. The zero-order valence-corrected chi connectivity index (χ0v) is 10.2. The van der Waals surface area contributed by atoms with Gasteiger partial charge in [0.05, 0.1) is 6.10 Å². The lowest BCUT2D eigenvalue weighted by Crippen LogP contribution is -2.05. The molecule has 1 aromatic carbocycles. The van der Waals surface area contributed by atoms with Crippen molar-refractivity contribution in [2.75, 3.05) is 0 Å². The van der Waals surface area contributed by atoms with E-state index >= 15 is 0 Å². The highest BCUT2D eigenvalue weighted by atomic mass is 16.3. The first-order valence-corrected chi connectivity index (χ1v) is 6.61. The molecule has 1 nitrogen and oxygen atoms in total. The molecule has 0 spiro atoms. The summed E-state index contributed by atoms with van der Waals surface area (Å²) in [6, 6.07) is 6.57. The van der Waals surface area contributed by atoms with Crippen molar-refractivity contribution in [2.24, 2.45) is 0 Å². The number of hydrogen-bond donors (Lipinski definition) is 1.